The summed E-state index contributed by atoms with van der Waals surface area (Å²) in [6.45, 7) is 3.66. The number of rotatable bonds is 6. The third kappa shape index (κ3) is 4.63. The van der Waals surface area contributed by atoms with Crippen molar-refractivity contribution < 1.29 is 4.39 Å². The molecule has 0 saturated carbocycles. The standard InChI is InChI=1S/C12H17ClFN/c1-10-9-11(3-4-12(10)14)5-8-15-7-2-6-13/h3-4,9,15H,2,5-8H2,1H3. The van der Waals surface area contributed by atoms with Gasteiger partial charge in [-0.1, -0.05) is 12.1 Å². The van der Waals surface area contributed by atoms with Crippen LogP contribution < -0.4 is 5.32 Å². The maximum atomic E-state index is 13.0. The maximum absolute atomic E-state index is 13.0. The van der Waals surface area contributed by atoms with E-state index in [1.807, 2.05) is 12.1 Å². The van der Waals surface area contributed by atoms with Gasteiger partial charge in [-0.2, -0.15) is 0 Å². The third-order valence-corrected chi connectivity index (χ3v) is 2.57. The third-order valence-electron chi connectivity index (χ3n) is 2.30. The molecule has 1 N–H and O–H groups in total. The highest BCUT2D eigenvalue weighted by molar-refractivity contribution is 6.17. The Morgan fingerprint density at radius 1 is 1.33 bits per heavy atom. The number of hydrogen-bond acceptors (Lipinski definition) is 1. The van der Waals surface area contributed by atoms with Gasteiger partial charge in [0, 0.05) is 5.88 Å². The van der Waals surface area contributed by atoms with Crippen molar-refractivity contribution in [3.63, 3.8) is 0 Å². The Labute approximate surface area is 95.6 Å². The Kier molecular flexibility index (Phi) is 5.66. The highest BCUT2D eigenvalue weighted by Gasteiger charge is 1.98. The number of benzene rings is 1. The molecule has 0 aliphatic carbocycles. The first-order valence-corrected chi connectivity index (χ1v) is 5.79. The average molecular weight is 230 g/mol. The van der Waals surface area contributed by atoms with Gasteiger partial charge in [-0.05, 0) is 50.0 Å². The molecule has 1 rings (SSSR count). The summed E-state index contributed by atoms with van der Waals surface area (Å²) < 4.78 is 13.0. The molecule has 0 atom stereocenters. The smallest absolute Gasteiger partial charge is 0.126 e. The van der Waals surface area contributed by atoms with E-state index in [2.05, 4.69) is 5.32 Å². The average Bonchev–Trinajstić information content (AvgIpc) is 2.23. The molecule has 3 heteroatoms. The molecule has 0 unspecified atom stereocenters. The van der Waals surface area contributed by atoms with Crippen molar-refractivity contribution >= 4 is 11.6 Å². The van der Waals surface area contributed by atoms with Crippen molar-refractivity contribution in [1.82, 2.24) is 5.32 Å². The van der Waals surface area contributed by atoms with Crippen LogP contribution in [0.4, 0.5) is 4.39 Å². The molecule has 1 aromatic rings. The SMILES string of the molecule is Cc1cc(CCNCCCCl)ccc1F. The van der Waals surface area contributed by atoms with Crippen LogP contribution in [-0.2, 0) is 6.42 Å². The topological polar surface area (TPSA) is 12.0 Å². The quantitative estimate of drug-likeness (QED) is 0.584. The van der Waals surface area contributed by atoms with Crippen LogP contribution in [0, 0.1) is 12.7 Å². The molecule has 1 nitrogen and oxygen atoms in total. The monoisotopic (exact) mass is 229 g/mol. The van der Waals surface area contributed by atoms with Gasteiger partial charge >= 0.3 is 0 Å². The lowest BCUT2D eigenvalue weighted by Crippen LogP contribution is -2.18. The summed E-state index contributed by atoms with van der Waals surface area (Å²) in [7, 11) is 0. The largest absolute Gasteiger partial charge is 0.316 e. The summed E-state index contributed by atoms with van der Waals surface area (Å²) in [6, 6.07) is 5.27. The van der Waals surface area contributed by atoms with E-state index in [1.165, 1.54) is 11.6 Å². The second-order valence-corrected chi connectivity index (χ2v) is 4.00. The van der Waals surface area contributed by atoms with Crippen LogP contribution in [0.3, 0.4) is 0 Å². The highest BCUT2D eigenvalue weighted by Crippen LogP contribution is 2.09. The van der Waals surface area contributed by atoms with Crippen molar-refractivity contribution in [2.24, 2.45) is 0 Å². The summed E-state index contributed by atoms with van der Waals surface area (Å²) >= 11 is 5.55. The first-order chi connectivity index (χ1) is 7.24. The summed E-state index contributed by atoms with van der Waals surface area (Å²) in [4.78, 5) is 0. The van der Waals surface area contributed by atoms with E-state index in [1.54, 1.807) is 6.92 Å². The van der Waals surface area contributed by atoms with E-state index in [4.69, 9.17) is 11.6 Å². The van der Waals surface area contributed by atoms with E-state index >= 15 is 0 Å². The lowest BCUT2D eigenvalue weighted by Gasteiger charge is -2.05. The molecule has 0 aliphatic heterocycles. The van der Waals surface area contributed by atoms with Crippen LogP contribution in [0.15, 0.2) is 18.2 Å². The fourth-order valence-electron chi connectivity index (χ4n) is 1.41. The summed E-state index contributed by atoms with van der Waals surface area (Å²) in [5.74, 6) is 0.566. The number of hydrogen-bond donors (Lipinski definition) is 1. The number of aryl methyl sites for hydroxylation is 1. The fourth-order valence-corrected chi connectivity index (χ4v) is 1.55. The van der Waals surface area contributed by atoms with Crippen molar-refractivity contribution in [2.45, 2.75) is 19.8 Å². The molecule has 0 amide bonds. The minimum Gasteiger partial charge on any atom is -0.316 e. The molecule has 0 saturated heterocycles. The molecule has 0 heterocycles. The van der Waals surface area contributed by atoms with E-state index in [0.717, 1.165) is 25.9 Å². The minimum atomic E-state index is -0.131. The highest BCUT2D eigenvalue weighted by atomic mass is 35.5. The zero-order valence-corrected chi connectivity index (χ0v) is 9.78. The summed E-state index contributed by atoms with van der Waals surface area (Å²) in [6.07, 6.45) is 1.92. The lowest BCUT2D eigenvalue weighted by molar-refractivity contribution is 0.616. The molecular weight excluding hydrogens is 213 g/mol. The van der Waals surface area contributed by atoms with Crippen LogP contribution in [0.25, 0.3) is 0 Å². The molecule has 0 aliphatic rings. The van der Waals surface area contributed by atoms with Gasteiger partial charge in [-0.3, -0.25) is 0 Å². The van der Waals surface area contributed by atoms with Gasteiger partial charge in [0.15, 0.2) is 0 Å². The Morgan fingerprint density at radius 3 is 2.80 bits per heavy atom. The van der Waals surface area contributed by atoms with Crippen molar-refractivity contribution in [3.8, 4) is 0 Å². The van der Waals surface area contributed by atoms with E-state index in [-0.39, 0.29) is 5.82 Å². The van der Waals surface area contributed by atoms with Crippen LogP contribution in [0.1, 0.15) is 17.5 Å². The number of nitrogens with one attached hydrogen (secondary N) is 1. The number of alkyl halides is 1. The van der Waals surface area contributed by atoms with Crippen LogP contribution >= 0.6 is 11.6 Å². The summed E-state index contributed by atoms with van der Waals surface area (Å²) in [5.41, 5.74) is 1.89. The molecule has 15 heavy (non-hydrogen) atoms. The first-order valence-electron chi connectivity index (χ1n) is 5.25. The Morgan fingerprint density at radius 2 is 2.13 bits per heavy atom. The second-order valence-electron chi connectivity index (χ2n) is 3.63. The van der Waals surface area contributed by atoms with Crippen molar-refractivity contribution in [1.29, 1.82) is 0 Å². The molecule has 0 radical (unpaired) electrons. The molecular formula is C12H17ClFN. The van der Waals surface area contributed by atoms with E-state index < -0.39 is 0 Å². The van der Waals surface area contributed by atoms with Gasteiger partial charge in [-0.15, -0.1) is 11.6 Å². The van der Waals surface area contributed by atoms with Crippen LogP contribution in [0.5, 0.6) is 0 Å². The molecule has 0 fully saturated rings. The number of halogens is 2. The Balaban J connectivity index is 2.28. The van der Waals surface area contributed by atoms with Gasteiger partial charge in [0.05, 0.1) is 0 Å². The molecule has 0 spiro atoms. The van der Waals surface area contributed by atoms with E-state index in [0.29, 0.717) is 11.4 Å². The van der Waals surface area contributed by atoms with Gasteiger partial charge in [0.2, 0.25) is 0 Å². The first kappa shape index (κ1) is 12.5. The molecule has 1 aromatic carbocycles. The Hall–Kier alpha value is -0.600. The molecule has 0 bridgehead atoms. The summed E-state index contributed by atoms with van der Waals surface area (Å²) in [5, 5.41) is 3.29. The fraction of sp³-hybridized carbons (Fsp3) is 0.500. The zero-order chi connectivity index (χ0) is 11.1. The predicted molar refractivity (Wildman–Crippen MR) is 63.0 cm³/mol. The Bertz CT molecular complexity index is 302. The molecule has 0 aromatic heterocycles. The minimum absolute atomic E-state index is 0.131. The van der Waals surface area contributed by atoms with E-state index in [9.17, 15) is 4.39 Å². The predicted octanol–water partition coefficient (Wildman–Crippen LogP) is 2.90. The lowest BCUT2D eigenvalue weighted by atomic mass is 10.1. The van der Waals surface area contributed by atoms with Crippen molar-refractivity contribution in [2.75, 3.05) is 19.0 Å². The van der Waals surface area contributed by atoms with Gasteiger partial charge in [0.25, 0.3) is 0 Å². The zero-order valence-electron chi connectivity index (χ0n) is 9.02. The molecule has 84 valence electrons. The van der Waals surface area contributed by atoms with Gasteiger partial charge < -0.3 is 5.32 Å². The van der Waals surface area contributed by atoms with Gasteiger partial charge in [-0.25, -0.2) is 4.39 Å². The normalized spacial score (nSPS) is 10.6. The second kappa shape index (κ2) is 6.81. The van der Waals surface area contributed by atoms with Crippen molar-refractivity contribution in [3.05, 3.63) is 35.1 Å². The maximum Gasteiger partial charge on any atom is 0.126 e. The van der Waals surface area contributed by atoms with Gasteiger partial charge in [0.1, 0.15) is 5.82 Å². The van der Waals surface area contributed by atoms with Crippen LogP contribution in [-0.4, -0.2) is 19.0 Å². The van der Waals surface area contributed by atoms with Crippen LogP contribution in [0.2, 0.25) is 0 Å².